The molecule has 1 aliphatic rings. The van der Waals surface area contributed by atoms with Crippen LogP contribution in [0.5, 0.6) is 0 Å². The van der Waals surface area contributed by atoms with Gasteiger partial charge in [-0.25, -0.2) is 8.42 Å². The summed E-state index contributed by atoms with van der Waals surface area (Å²) in [6.07, 6.45) is 1.99. The third-order valence-corrected chi connectivity index (χ3v) is 6.28. The summed E-state index contributed by atoms with van der Waals surface area (Å²) in [7, 11) is -3.76. The van der Waals surface area contributed by atoms with E-state index in [0.717, 1.165) is 42.6 Å². The van der Waals surface area contributed by atoms with E-state index in [0.29, 0.717) is 11.3 Å². The van der Waals surface area contributed by atoms with Crippen molar-refractivity contribution < 1.29 is 13.2 Å². The molecule has 0 saturated carbocycles. The Morgan fingerprint density at radius 1 is 0.923 bits per heavy atom. The zero-order valence-electron chi connectivity index (χ0n) is 15.4. The molecule has 26 heavy (non-hydrogen) atoms. The molecule has 1 N–H and O–H groups in total. The van der Waals surface area contributed by atoms with Crippen molar-refractivity contribution >= 4 is 21.6 Å². The highest BCUT2D eigenvalue weighted by molar-refractivity contribution is 7.92. The average Bonchev–Trinajstić information content (AvgIpc) is 3.12. The third-order valence-electron chi connectivity index (χ3n) is 4.90. The van der Waals surface area contributed by atoms with Gasteiger partial charge in [0, 0.05) is 24.3 Å². The number of likely N-dealkylation sites (tertiary alicyclic amines) is 1. The zero-order chi connectivity index (χ0) is 18.9. The van der Waals surface area contributed by atoms with E-state index in [-0.39, 0.29) is 10.8 Å². The first-order valence-electron chi connectivity index (χ1n) is 8.78. The highest BCUT2D eigenvalue weighted by Gasteiger charge is 2.23. The number of aryl methyl sites for hydroxylation is 3. The Labute approximate surface area is 155 Å². The molecule has 1 saturated heterocycles. The molecular weight excluding hydrogens is 348 g/mol. The highest BCUT2D eigenvalue weighted by Crippen LogP contribution is 2.23. The second-order valence-electron chi connectivity index (χ2n) is 6.88. The van der Waals surface area contributed by atoms with Gasteiger partial charge < -0.3 is 4.90 Å². The van der Waals surface area contributed by atoms with Gasteiger partial charge in [0.05, 0.1) is 4.90 Å². The average molecular weight is 372 g/mol. The van der Waals surface area contributed by atoms with E-state index in [1.54, 1.807) is 29.2 Å². The molecule has 1 aliphatic heterocycles. The Morgan fingerprint density at radius 2 is 1.58 bits per heavy atom. The highest BCUT2D eigenvalue weighted by atomic mass is 32.2. The quantitative estimate of drug-likeness (QED) is 0.891. The number of hydrogen-bond acceptors (Lipinski definition) is 3. The fourth-order valence-electron chi connectivity index (χ4n) is 3.11. The van der Waals surface area contributed by atoms with Gasteiger partial charge in [0.25, 0.3) is 15.9 Å². The van der Waals surface area contributed by atoms with Crippen LogP contribution >= 0.6 is 0 Å². The molecule has 0 radical (unpaired) electrons. The number of benzene rings is 2. The van der Waals surface area contributed by atoms with Crippen molar-refractivity contribution in [2.75, 3.05) is 17.8 Å². The fraction of sp³-hybridized carbons (Fsp3) is 0.350. The summed E-state index contributed by atoms with van der Waals surface area (Å²) in [6, 6.07) is 10.1. The minimum Gasteiger partial charge on any atom is -0.339 e. The van der Waals surface area contributed by atoms with Crippen LogP contribution in [0.15, 0.2) is 41.3 Å². The number of nitrogens with one attached hydrogen (secondary N) is 1. The molecule has 1 heterocycles. The van der Waals surface area contributed by atoms with Crippen molar-refractivity contribution in [3.63, 3.8) is 0 Å². The molecule has 3 rings (SSSR count). The van der Waals surface area contributed by atoms with Gasteiger partial charge >= 0.3 is 0 Å². The SMILES string of the molecule is Cc1ccc(NS(=O)(=O)c2ccc(C)c(C(=O)N3CCCC3)c2)cc1C. The maximum Gasteiger partial charge on any atom is 0.261 e. The van der Waals surface area contributed by atoms with Gasteiger partial charge in [0.15, 0.2) is 0 Å². The maximum absolute atomic E-state index is 12.8. The number of hydrogen-bond donors (Lipinski definition) is 1. The predicted molar refractivity (Wildman–Crippen MR) is 103 cm³/mol. The molecule has 0 aromatic heterocycles. The Balaban J connectivity index is 1.91. The van der Waals surface area contributed by atoms with Gasteiger partial charge in [0.1, 0.15) is 0 Å². The van der Waals surface area contributed by atoms with Gasteiger partial charge in [0.2, 0.25) is 0 Å². The monoisotopic (exact) mass is 372 g/mol. The van der Waals surface area contributed by atoms with E-state index >= 15 is 0 Å². The van der Waals surface area contributed by atoms with Crippen LogP contribution in [-0.2, 0) is 10.0 Å². The van der Waals surface area contributed by atoms with Gasteiger partial charge in [-0.2, -0.15) is 0 Å². The number of anilines is 1. The van der Waals surface area contributed by atoms with E-state index in [1.807, 2.05) is 26.8 Å². The van der Waals surface area contributed by atoms with Crippen LogP contribution in [0.25, 0.3) is 0 Å². The second kappa shape index (κ2) is 7.11. The summed E-state index contributed by atoms with van der Waals surface area (Å²) in [5.41, 5.74) is 3.86. The van der Waals surface area contributed by atoms with Crippen LogP contribution in [0.1, 0.15) is 39.9 Å². The Kier molecular flexibility index (Phi) is 5.05. The van der Waals surface area contributed by atoms with Gasteiger partial charge in [-0.15, -0.1) is 0 Å². The minimum atomic E-state index is -3.76. The summed E-state index contributed by atoms with van der Waals surface area (Å²) in [5, 5.41) is 0. The van der Waals surface area contributed by atoms with Crippen LogP contribution in [0.3, 0.4) is 0 Å². The molecule has 2 aromatic carbocycles. The number of sulfonamides is 1. The molecule has 6 heteroatoms. The molecule has 1 amide bonds. The number of nitrogens with zero attached hydrogens (tertiary/aromatic N) is 1. The molecule has 1 fully saturated rings. The van der Waals surface area contributed by atoms with Crippen molar-refractivity contribution in [2.24, 2.45) is 0 Å². The van der Waals surface area contributed by atoms with Gasteiger partial charge in [-0.05, 0) is 74.6 Å². The molecule has 5 nitrogen and oxygen atoms in total. The fourth-order valence-corrected chi connectivity index (χ4v) is 4.18. The maximum atomic E-state index is 12.8. The van der Waals surface area contributed by atoms with Crippen molar-refractivity contribution in [3.05, 3.63) is 58.7 Å². The first-order valence-corrected chi connectivity index (χ1v) is 10.3. The van der Waals surface area contributed by atoms with Gasteiger partial charge in [-0.1, -0.05) is 12.1 Å². The summed E-state index contributed by atoms with van der Waals surface area (Å²) >= 11 is 0. The Morgan fingerprint density at radius 3 is 2.23 bits per heavy atom. The summed E-state index contributed by atoms with van der Waals surface area (Å²) in [4.78, 5) is 14.6. The van der Waals surface area contributed by atoms with E-state index in [1.165, 1.54) is 6.07 Å². The number of rotatable bonds is 4. The molecule has 0 aliphatic carbocycles. The summed E-state index contributed by atoms with van der Waals surface area (Å²) in [6.45, 7) is 7.21. The smallest absolute Gasteiger partial charge is 0.261 e. The minimum absolute atomic E-state index is 0.0942. The molecule has 0 atom stereocenters. The van der Waals surface area contributed by atoms with Crippen LogP contribution in [0.4, 0.5) is 5.69 Å². The molecule has 2 aromatic rings. The Bertz CT molecular complexity index is 946. The predicted octanol–water partition coefficient (Wildman–Crippen LogP) is 3.65. The number of carbonyl (C=O) groups excluding carboxylic acids is 1. The number of carbonyl (C=O) groups is 1. The van der Waals surface area contributed by atoms with Crippen molar-refractivity contribution in [1.82, 2.24) is 4.90 Å². The Hall–Kier alpha value is -2.34. The van der Waals surface area contributed by atoms with E-state index in [2.05, 4.69) is 4.72 Å². The van der Waals surface area contributed by atoms with Crippen LogP contribution in [0, 0.1) is 20.8 Å². The molecule has 0 spiro atoms. The summed E-state index contributed by atoms with van der Waals surface area (Å²) in [5.74, 6) is -0.0942. The van der Waals surface area contributed by atoms with E-state index < -0.39 is 10.0 Å². The number of amides is 1. The molecule has 0 bridgehead atoms. The lowest BCUT2D eigenvalue weighted by molar-refractivity contribution is 0.0792. The topological polar surface area (TPSA) is 66.5 Å². The first kappa shape index (κ1) is 18.5. The van der Waals surface area contributed by atoms with Crippen LogP contribution < -0.4 is 4.72 Å². The van der Waals surface area contributed by atoms with Crippen molar-refractivity contribution in [3.8, 4) is 0 Å². The van der Waals surface area contributed by atoms with Crippen molar-refractivity contribution in [2.45, 2.75) is 38.5 Å². The normalized spacial score (nSPS) is 14.5. The molecular formula is C20H24N2O3S. The van der Waals surface area contributed by atoms with Gasteiger partial charge in [-0.3, -0.25) is 9.52 Å². The lowest BCUT2D eigenvalue weighted by atomic mass is 10.1. The molecule has 0 unspecified atom stereocenters. The van der Waals surface area contributed by atoms with E-state index in [4.69, 9.17) is 0 Å². The van der Waals surface area contributed by atoms with E-state index in [9.17, 15) is 13.2 Å². The first-order chi connectivity index (χ1) is 12.3. The lowest BCUT2D eigenvalue weighted by Crippen LogP contribution is -2.28. The van der Waals surface area contributed by atoms with Crippen LogP contribution in [-0.4, -0.2) is 32.3 Å². The second-order valence-corrected chi connectivity index (χ2v) is 8.56. The zero-order valence-corrected chi connectivity index (χ0v) is 16.2. The standard InChI is InChI=1S/C20H24N2O3S/c1-14-6-8-17(12-16(14)3)21-26(24,25)18-9-7-15(2)19(13-18)20(23)22-10-4-5-11-22/h6-9,12-13,21H,4-5,10-11H2,1-3H3. The largest absolute Gasteiger partial charge is 0.339 e. The molecule has 138 valence electrons. The summed E-state index contributed by atoms with van der Waals surface area (Å²) < 4.78 is 28.1. The van der Waals surface area contributed by atoms with Crippen molar-refractivity contribution in [1.29, 1.82) is 0 Å². The lowest BCUT2D eigenvalue weighted by Gasteiger charge is -2.17. The third kappa shape index (κ3) is 3.75. The van der Waals surface area contributed by atoms with Crippen LogP contribution in [0.2, 0.25) is 0 Å².